The molecule has 20 heavy (non-hydrogen) atoms. The molecule has 0 spiro atoms. The topological polar surface area (TPSA) is 20.2 Å². The molecule has 3 unspecified atom stereocenters. The summed E-state index contributed by atoms with van der Waals surface area (Å²) in [5, 5.41) is 9.95. The fourth-order valence-corrected chi connectivity index (χ4v) is 5.20. The van der Waals surface area contributed by atoms with Gasteiger partial charge >= 0.3 is 0 Å². The minimum Gasteiger partial charge on any atom is -0.508 e. The third kappa shape index (κ3) is 1.62. The molecule has 1 aromatic carbocycles. The van der Waals surface area contributed by atoms with Crippen molar-refractivity contribution in [1.82, 2.24) is 0 Å². The van der Waals surface area contributed by atoms with Gasteiger partial charge in [-0.25, -0.2) is 0 Å². The molecular formula is C19H24O. The van der Waals surface area contributed by atoms with Gasteiger partial charge in [0.1, 0.15) is 5.75 Å². The van der Waals surface area contributed by atoms with Crippen LogP contribution in [0.5, 0.6) is 5.75 Å². The first-order valence-corrected chi connectivity index (χ1v) is 8.08. The van der Waals surface area contributed by atoms with Gasteiger partial charge in [0.2, 0.25) is 0 Å². The molecule has 0 radical (unpaired) electrons. The van der Waals surface area contributed by atoms with Crippen LogP contribution in [-0.4, -0.2) is 5.11 Å². The second-order valence-corrected chi connectivity index (χ2v) is 7.44. The quantitative estimate of drug-likeness (QED) is 0.675. The Labute approximate surface area is 121 Å². The number of hydrogen-bond acceptors (Lipinski definition) is 1. The number of benzene rings is 1. The van der Waals surface area contributed by atoms with Gasteiger partial charge in [0.25, 0.3) is 0 Å². The van der Waals surface area contributed by atoms with Crippen LogP contribution in [0.15, 0.2) is 24.3 Å². The molecule has 4 atom stereocenters. The maximum absolute atomic E-state index is 9.95. The summed E-state index contributed by atoms with van der Waals surface area (Å²) in [6.07, 6.45) is 11.3. The first-order valence-electron chi connectivity index (χ1n) is 8.08. The van der Waals surface area contributed by atoms with E-state index in [0.717, 1.165) is 29.7 Å². The predicted molar refractivity (Wildman–Crippen MR) is 82.0 cm³/mol. The summed E-state index contributed by atoms with van der Waals surface area (Å²) in [4.78, 5) is 0. The lowest BCUT2D eigenvalue weighted by Crippen LogP contribution is -2.39. The molecule has 0 amide bonds. The van der Waals surface area contributed by atoms with Crippen LogP contribution in [0.25, 0.3) is 0 Å². The fourth-order valence-electron chi connectivity index (χ4n) is 5.20. The van der Waals surface area contributed by atoms with Crippen molar-refractivity contribution in [2.75, 3.05) is 0 Å². The Morgan fingerprint density at radius 2 is 2.10 bits per heavy atom. The van der Waals surface area contributed by atoms with Crippen molar-refractivity contribution in [3.63, 3.8) is 0 Å². The zero-order chi connectivity index (χ0) is 13.9. The van der Waals surface area contributed by atoms with Crippen molar-refractivity contribution >= 4 is 0 Å². The number of phenolic OH excluding ortho intramolecular Hbond substituents is 1. The summed E-state index contributed by atoms with van der Waals surface area (Å²) < 4.78 is 0. The molecule has 1 nitrogen and oxygen atoms in total. The van der Waals surface area contributed by atoms with Crippen LogP contribution in [0.4, 0.5) is 0 Å². The zero-order valence-corrected chi connectivity index (χ0v) is 12.5. The highest BCUT2D eigenvalue weighted by molar-refractivity contribution is 5.45. The minimum absolute atomic E-state index is 0.463. The summed E-state index contributed by atoms with van der Waals surface area (Å²) in [6, 6.07) is 4.30. The molecule has 1 N–H and O–H groups in total. The van der Waals surface area contributed by atoms with Gasteiger partial charge in [0.05, 0.1) is 0 Å². The van der Waals surface area contributed by atoms with Crippen LogP contribution in [-0.2, 0) is 6.42 Å². The lowest BCUT2D eigenvalue weighted by Gasteiger charge is -2.49. The van der Waals surface area contributed by atoms with Crippen molar-refractivity contribution in [1.29, 1.82) is 0 Å². The Hall–Kier alpha value is -1.24. The number of allylic oxidation sites excluding steroid dienone is 2. The highest BCUT2D eigenvalue weighted by Crippen LogP contribution is 2.58. The highest BCUT2D eigenvalue weighted by Gasteiger charge is 2.48. The van der Waals surface area contributed by atoms with E-state index in [1.165, 1.54) is 31.2 Å². The Morgan fingerprint density at radius 1 is 1.25 bits per heavy atom. The summed E-state index contributed by atoms with van der Waals surface area (Å²) in [5.74, 6) is 2.91. The molecule has 0 saturated heterocycles. The van der Waals surface area contributed by atoms with Crippen molar-refractivity contribution < 1.29 is 5.11 Å². The Balaban J connectivity index is 1.75. The van der Waals surface area contributed by atoms with Crippen molar-refractivity contribution in [3.8, 4) is 5.75 Å². The minimum atomic E-state index is 0.463. The van der Waals surface area contributed by atoms with Crippen LogP contribution in [0.1, 0.15) is 55.2 Å². The number of rotatable bonds is 0. The molecule has 106 valence electrons. The van der Waals surface area contributed by atoms with E-state index >= 15 is 0 Å². The maximum atomic E-state index is 9.95. The molecule has 1 fully saturated rings. The summed E-state index contributed by atoms with van der Waals surface area (Å²) >= 11 is 0. The Kier molecular flexibility index (Phi) is 2.58. The number of aromatic hydroxyl groups is 1. The molecule has 1 aromatic rings. The number of aryl methyl sites for hydroxylation is 2. The van der Waals surface area contributed by atoms with Gasteiger partial charge in [-0.2, -0.15) is 0 Å². The second-order valence-electron chi connectivity index (χ2n) is 7.44. The SMILES string of the molecule is Cc1cc2c(cc1O)CCC1C2CC[C@]2(C)C=CCC12. The molecular weight excluding hydrogens is 244 g/mol. The predicted octanol–water partition coefficient (Wildman–Crippen LogP) is 4.72. The molecule has 1 heteroatoms. The summed E-state index contributed by atoms with van der Waals surface area (Å²) in [6.45, 7) is 4.50. The molecule has 0 bridgehead atoms. The van der Waals surface area contributed by atoms with Crippen molar-refractivity contribution in [2.45, 2.75) is 51.9 Å². The van der Waals surface area contributed by atoms with E-state index < -0.39 is 0 Å². The van der Waals surface area contributed by atoms with Gasteiger partial charge in [-0.15, -0.1) is 0 Å². The smallest absolute Gasteiger partial charge is 0.118 e. The third-order valence-electron chi connectivity index (χ3n) is 6.37. The Bertz CT molecular complexity index is 586. The lowest BCUT2D eigenvalue weighted by atomic mass is 9.55. The van der Waals surface area contributed by atoms with E-state index in [1.54, 1.807) is 5.56 Å². The van der Waals surface area contributed by atoms with Crippen molar-refractivity contribution in [3.05, 3.63) is 41.0 Å². The van der Waals surface area contributed by atoms with Gasteiger partial charge < -0.3 is 5.11 Å². The van der Waals surface area contributed by atoms with Crippen LogP contribution < -0.4 is 0 Å². The van der Waals surface area contributed by atoms with Crippen LogP contribution >= 0.6 is 0 Å². The van der Waals surface area contributed by atoms with Gasteiger partial charge in [0, 0.05) is 0 Å². The average Bonchev–Trinajstić information content (AvgIpc) is 2.82. The molecule has 4 rings (SSSR count). The monoisotopic (exact) mass is 268 g/mol. The van der Waals surface area contributed by atoms with E-state index in [0.29, 0.717) is 11.2 Å². The molecule has 0 aromatic heterocycles. The van der Waals surface area contributed by atoms with E-state index in [1.807, 2.05) is 13.0 Å². The largest absolute Gasteiger partial charge is 0.508 e. The zero-order valence-electron chi connectivity index (χ0n) is 12.5. The third-order valence-corrected chi connectivity index (χ3v) is 6.37. The second kappa shape index (κ2) is 4.13. The Morgan fingerprint density at radius 3 is 2.95 bits per heavy atom. The fraction of sp³-hybridized carbons (Fsp3) is 0.579. The van der Waals surface area contributed by atoms with Crippen LogP contribution in [0.2, 0.25) is 0 Å². The lowest BCUT2D eigenvalue weighted by molar-refractivity contribution is 0.0825. The molecule has 1 saturated carbocycles. The average molecular weight is 268 g/mol. The van der Waals surface area contributed by atoms with Gasteiger partial charge in [-0.05, 0) is 85.0 Å². The summed E-state index contributed by atoms with van der Waals surface area (Å²) in [7, 11) is 0. The molecule has 3 aliphatic rings. The molecule has 3 aliphatic carbocycles. The van der Waals surface area contributed by atoms with Gasteiger partial charge in [-0.1, -0.05) is 25.1 Å². The standard InChI is InChI=1S/C19H24O/c1-12-10-16-13(11-18(12)20)5-6-15-14(16)7-9-19(2)8-3-4-17(15)19/h3,8,10-11,14-15,17,20H,4-7,9H2,1-2H3/t14?,15?,17?,19-/m0/s1. The number of fused-ring (bicyclic) bond motifs is 5. The van der Waals surface area contributed by atoms with Gasteiger partial charge in [0.15, 0.2) is 0 Å². The van der Waals surface area contributed by atoms with Crippen LogP contribution in [0.3, 0.4) is 0 Å². The first-order chi connectivity index (χ1) is 9.58. The van der Waals surface area contributed by atoms with Gasteiger partial charge in [-0.3, -0.25) is 0 Å². The molecule has 0 aliphatic heterocycles. The maximum Gasteiger partial charge on any atom is 0.118 e. The normalized spacial score (nSPS) is 38.2. The number of phenols is 1. The van der Waals surface area contributed by atoms with E-state index in [2.05, 4.69) is 25.1 Å². The molecule has 0 heterocycles. The van der Waals surface area contributed by atoms with E-state index in [9.17, 15) is 5.11 Å². The van der Waals surface area contributed by atoms with E-state index in [4.69, 9.17) is 0 Å². The number of hydrogen-bond donors (Lipinski definition) is 1. The summed E-state index contributed by atoms with van der Waals surface area (Å²) in [5.41, 5.74) is 4.46. The van der Waals surface area contributed by atoms with Crippen LogP contribution in [0, 0.1) is 24.2 Å². The van der Waals surface area contributed by atoms with Crippen molar-refractivity contribution in [2.24, 2.45) is 17.3 Å². The first kappa shape index (κ1) is 12.5. The highest BCUT2D eigenvalue weighted by atomic mass is 16.3. The van der Waals surface area contributed by atoms with E-state index in [-0.39, 0.29) is 0 Å².